The number of amides is 2. The molecule has 0 spiro atoms. The normalized spacial score (nSPS) is 14.5. The van der Waals surface area contributed by atoms with E-state index in [4.69, 9.17) is 16.3 Å². The summed E-state index contributed by atoms with van der Waals surface area (Å²) in [6, 6.07) is 10.2. The molecule has 0 saturated carbocycles. The van der Waals surface area contributed by atoms with Crippen molar-refractivity contribution in [3.63, 3.8) is 0 Å². The van der Waals surface area contributed by atoms with Crippen molar-refractivity contribution in [3.05, 3.63) is 75.8 Å². The minimum Gasteiger partial charge on any atom is -0.444 e. The van der Waals surface area contributed by atoms with Crippen molar-refractivity contribution >= 4 is 29.3 Å². The van der Waals surface area contributed by atoms with Crippen LogP contribution in [-0.2, 0) is 4.74 Å². The van der Waals surface area contributed by atoms with Crippen molar-refractivity contribution in [1.29, 1.82) is 0 Å². The molecule has 37 heavy (non-hydrogen) atoms. The lowest BCUT2D eigenvalue weighted by atomic mass is 9.90. The summed E-state index contributed by atoms with van der Waals surface area (Å²) in [7, 11) is 0. The van der Waals surface area contributed by atoms with Crippen molar-refractivity contribution < 1.29 is 18.7 Å². The summed E-state index contributed by atoms with van der Waals surface area (Å²) in [5.41, 5.74) is 3.04. The van der Waals surface area contributed by atoms with Crippen molar-refractivity contribution in [3.8, 4) is 5.69 Å². The maximum absolute atomic E-state index is 14.1. The zero-order valence-corrected chi connectivity index (χ0v) is 22.5. The number of ether oxygens (including phenoxy) is 1. The number of carbonyl (C=O) groups is 2. The van der Waals surface area contributed by atoms with Crippen LogP contribution in [0.4, 0.5) is 14.9 Å². The second kappa shape index (κ2) is 10.5. The number of anilines is 1. The monoisotopic (exact) mass is 526 g/mol. The number of rotatable bonds is 4. The van der Waals surface area contributed by atoms with Gasteiger partial charge in [0.05, 0.1) is 23.1 Å². The number of benzene rings is 2. The van der Waals surface area contributed by atoms with Gasteiger partial charge in [-0.3, -0.25) is 4.79 Å². The molecule has 0 radical (unpaired) electrons. The Morgan fingerprint density at radius 2 is 1.84 bits per heavy atom. The molecule has 1 aromatic heterocycles. The number of nitrogens with one attached hydrogen (secondary N) is 1. The summed E-state index contributed by atoms with van der Waals surface area (Å²) in [6.07, 6.45) is 2.45. The van der Waals surface area contributed by atoms with Crippen LogP contribution in [-0.4, -0.2) is 45.4 Å². The quantitative estimate of drug-likeness (QED) is 0.413. The van der Waals surface area contributed by atoms with Crippen molar-refractivity contribution in [1.82, 2.24) is 14.7 Å². The third-order valence-electron chi connectivity index (χ3n) is 6.48. The van der Waals surface area contributed by atoms with Gasteiger partial charge in [-0.05, 0) is 82.9 Å². The number of piperidine rings is 1. The molecule has 2 heterocycles. The van der Waals surface area contributed by atoms with Crippen LogP contribution in [0.1, 0.15) is 66.7 Å². The van der Waals surface area contributed by atoms with Gasteiger partial charge in [-0.1, -0.05) is 23.7 Å². The van der Waals surface area contributed by atoms with E-state index in [-0.39, 0.29) is 17.9 Å². The Morgan fingerprint density at radius 1 is 1.14 bits per heavy atom. The Balaban J connectivity index is 1.66. The van der Waals surface area contributed by atoms with Gasteiger partial charge < -0.3 is 15.0 Å². The van der Waals surface area contributed by atoms with Gasteiger partial charge in [0.2, 0.25) is 0 Å². The Morgan fingerprint density at radius 3 is 2.49 bits per heavy atom. The summed E-state index contributed by atoms with van der Waals surface area (Å²) in [5, 5.41) is 7.98. The number of carbonyl (C=O) groups excluding carboxylic acids is 2. The fourth-order valence-corrected chi connectivity index (χ4v) is 4.64. The van der Waals surface area contributed by atoms with Crippen LogP contribution >= 0.6 is 11.6 Å². The van der Waals surface area contributed by atoms with Crippen LogP contribution in [0, 0.1) is 19.7 Å². The molecule has 9 heteroatoms. The molecule has 0 aliphatic carbocycles. The standard InChI is InChI=1S/C28H32ClFN4O3/c1-17-9-10-20(15-23(17)30)32-26(35)21-16-31-34(24-8-6-7-22(29)18(24)2)25(21)19-11-13-33(14-12-19)27(36)37-28(3,4)5/h6-10,15-16,19H,11-14H2,1-5H3,(H,32,35). The summed E-state index contributed by atoms with van der Waals surface area (Å²) in [5.74, 6) is -0.813. The first-order valence-corrected chi connectivity index (χ1v) is 12.7. The minimum absolute atomic E-state index is 0.0462. The van der Waals surface area contributed by atoms with Crippen molar-refractivity contribution in [2.24, 2.45) is 0 Å². The van der Waals surface area contributed by atoms with E-state index in [1.165, 1.54) is 12.3 Å². The van der Waals surface area contributed by atoms with E-state index >= 15 is 0 Å². The number of halogens is 2. The van der Waals surface area contributed by atoms with Gasteiger partial charge in [-0.2, -0.15) is 5.10 Å². The molecular weight excluding hydrogens is 495 g/mol. The summed E-state index contributed by atoms with van der Waals surface area (Å²) in [4.78, 5) is 27.7. The number of hydrogen-bond donors (Lipinski definition) is 1. The molecule has 0 bridgehead atoms. The fourth-order valence-electron chi connectivity index (χ4n) is 4.47. The molecule has 1 aliphatic heterocycles. The van der Waals surface area contributed by atoms with E-state index in [1.54, 1.807) is 28.6 Å². The molecular formula is C28H32ClFN4O3. The number of likely N-dealkylation sites (tertiary alicyclic amines) is 1. The molecule has 1 saturated heterocycles. The van der Waals surface area contributed by atoms with Crippen LogP contribution in [0.15, 0.2) is 42.6 Å². The molecule has 2 amide bonds. The summed E-state index contributed by atoms with van der Waals surface area (Å²) >= 11 is 6.40. The highest BCUT2D eigenvalue weighted by Gasteiger charge is 2.32. The third kappa shape index (κ3) is 5.96. The van der Waals surface area contributed by atoms with Crippen LogP contribution in [0.2, 0.25) is 5.02 Å². The Bertz CT molecular complexity index is 1320. The lowest BCUT2D eigenvalue weighted by Gasteiger charge is -2.34. The lowest BCUT2D eigenvalue weighted by molar-refractivity contribution is 0.0203. The highest BCUT2D eigenvalue weighted by molar-refractivity contribution is 6.31. The number of aromatic nitrogens is 2. The predicted octanol–water partition coefficient (Wildman–Crippen LogP) is 6.65. The Kier molecular flexibility index (Phi) is 7.59. The Labute approximate surface area is 221 Å². The van der Waals surface area contributed by atoms with Gasteiger partial charge in [0.15, 0.2) is 0 Å². The molecule has 1 fully saturated rings. The van der Waals surface area contributed by atoms with E-state index in [9.17, 15) is 14.0 Å². The molecule has 4 rings (SSSR count). The highest BCUT2D eigenvalue weighted by atomic mass is 35.5. The summed E-state index contributed by atoms with van der Waals surface area (Å²) in [6.45, 7) is 10.1. The van der Waals surface area contributed by atoms with E-state index in [0.717, 1.165) is 16.9 Å². The SMILES string of the molecule is Cc1ccc(NC(=O)c2cnn(-c3cccc(Cl)c3C)c2C2CCN(C(=O)OC(C)(C)C)CC2)cc1F. The lowest BCUT2D eigenvalue weighted by Crippen LogP contribution is -2.41. The third-order valence-corrected chi connectivity index (χ3v) is 6.89. The second-order valence-corrected chi connectivity index (χ2v) is 10.8. The largest absolute Gasteiger partial charge is 0.444 e. The van der Waals surface area contributed by atoms with Crippen molar-refractivity contribution in [2.45, 2.75) is 59.0 Å². The molecule has 196 valence electrons. The number of nitrogens with zero attached hydrogens (tertiary/aromatic N) is 3. The topological polar surface area (TPSA) is 76.5 Å². The molecule has 0 atom stereocenters. The molecule has 3 aromatic rings. The van der Waals surface area contributed by atoms with Gasteiger partial charge in [0.1, 0.15) is 11.4 Å². The van der Waals surface area contributed by atoms with Gasteiger partial charge in [0.25, 0.3) is 5.91 Å². The first-order valence-electron chi connectivity index (χ1n) is 12.3. The zero-order valence-electron chi connectivity index (χ0n) is 21.8. The highest BCUT2D eigenvalue weighted by Crippen LogP contribution is 2.34. The van der Waals surface area contributed by atoms with E-state index in [0.29, 0.717) is 47.8 Å². The number of aryl methyl sites for hydroxylation is 1. The van der Waals surface area contributed by atoms with Gasteiger partial charge in [-0.15, -0.1) is 0 Å². The van der Waals surface area contributed by atoms with E-state index in [1.807, 2.05) is 45.9 Å². The van der Waals surface area contributed by atoms with Crippen molar-refractivity contribution in [2.75, 3.05) is 18.4 Å². The van der Waals surface area contributed by atoms with Gasteiger partial charge in [-0.25, -0.2) is 13.9 Å². The number of hydrogen-bond acceptors (Lipinski definition) is 4. The van der Waals surface area contributed by atoms with E-state index < -0.39 is 11.4 Å². The molecule has 0 unspecified atom stereocenters. The van der Waals surface area contributed by atoms with E-state index in [2.05, 4.69) is 10.4 Å². The molecule has 2 aromatic carbocycles. The maximum atomic E-state index is 14.1. The Hall–Kier alpha value is -3.39. The molecule has 1 N–H and O–H groups in total. The van der Waals surface area contributed by atoms with Crippen LogP contribution in [0.3, 0.4) is 0 Å². The van der Waals surface area contributed by atoms with Crippen LogP contribution in [0.5, 0.6) is 0 Å². The first kappa shape index (κ1) is 26.7. The zero-order chi connectivity index (χ0) is 26.9. The maximum Gasteiger partial charge on any atom is 0.410 e. The predicted molar refractivity (Wildman–Crippen MR) is 142 cm³/mol. The fraction of sp³-hybridized carbons (Fsp3) is 0.393. The average Bonchev–Trinajstić information content (AvgIpc) is 3.27. The second-order valence-electron chi connectivity index (χ2n) is 10.4. The van der Waals surface area contributed by atoms with Gasteiger partial charge in [0, 0.05) is 29.7 Å². The van der Waals surface area contributed by atoms with Crippen LogP contribution < -0.4 is 5.32 Å². The smallest absolute Gasteiger partial charge is 0.410 e. The first-order chi connectivity index (χ1) is 17.4. The average molecular weight is 527 g/mol. The molecule has 1 aliphatic rings. The minimum atomic E-state index is -0.572. The van der Waals surface area contributed by atoms with Gasteiger partial charge >= 0.3 is 6.09 Å². The van der Waals surface area contributed by atoms with Crippen LogP contribution in [0.25, 0.3) is 5.69 Å². The molecule has 7 nitrogen and oxygen atoms in total. The summed E-state index contributed by atoms with van der Waals surface area (Å²) < 4.78 is 21.4.